The van der Waals surface area contributed by atoms with E-state index in [1.54, 1.807) is 0 Å². The molecule has 2 aliphatic rings. The van der Waals surface area contributed by atoms with Crippen molar-refractivity contribution < 1.29 is 4.42 Å². The Morgan fingerprint density at radius 1 is 0.196 bits per heavy atom. The topological polar surface area (TPSA) is 29.5 Å². The number of hydrogen-bond donors (Lipinski definition) is 0. The molecular formula is C106H69BN4O. The minimum atomic E-state index is -0.343. The number of hydrogen-bond acceptors (Lipinski definition) is 3. The number of rotatable bonds is 13. The van der Waals surface area contributed by atoms with Gasteiger partial charge in [-0.2, -0.15) is 0 Å². The van der Waals surface area contributed by atoms with Gasteiger partial charge in [-0.15, -0.1) is 0 Å². The number of furan rings is 1. The molecule has 20 aromatic rings. The van der Waals surface area contributed by atoms with E-state index in [1.165, 1.54) is 37.9 Å². The molecule has 0 atom stereocenters. The van der Waals surface area contributed by atoms with Crippen LogP contribution in [0.3, 0.4) is 0 Å². The fourth-order valence-electron chi connectivity index (χ4n) is 18.3. The first-order valence-corrected chi connectivity index (χ1v) is 38.6. The molecule has 0 spiro atoms. The summed E-state index contributed by atoms with van der Waals surface area (Å²) in [6.07, 6.45) is 0. The van der Waals surface area contributed by atoms with Crippen LogP contribution in [0.1, 0.15) is 0 Å². The quantitative estimate of drug-likeness (QED) is 0.108. The smallest absolute Gasteiger partial charge is 0.252 e. The summed E-state index contributed by atoms with van der Waals surface area (Å²) in [5, 5.41) is 6.83. The van der Waals surface area contributed by atoms with E-state index in [2.05, 4.69) is 438 Å². The molecule has 2 aliphatic heterocycles. The van der Waals surface area contributed by atoms with Crippen LogP contribution in [0.5, 0.6) is 0 Å². The summed E-state index contributed by atoms with van der Waals surface area (Å²) in [6, 6.07) is 155. The highest BCUT2D eigenvalue weighted by Gasteiger charge is 2.46. The molecule has 0 fully saturated rings. The SMILES string of the molecule is c1ccc(-c2cccc(-c3ccccc3)c2N2c3cc(-n4c(-c5ccccc5)c5ccccc5c4-c4ccccc4)ccc3B3c4ccc(-n5c(-c6ccccc6)c6ccccc6c5-c5ccccc5)cc4N(c4c(-c5ccccc5)cccc4-c4ccccc4)c4cc(-c5ccc6oc7ccccc7c6c5)cc2c43)cc1. The molecule has 0 unspecified atom stereocenters. The summed E-state index contributed by atoms with van der Waals surface area (Å²) >= 11 is 0. The molecule has 17 aromatic carbocycles. The predicted octanol–water partition coefficient (Wildman–Crippen LogP) is 26.6. The van der Waals surface area contributed by atoms with Gasteiger partial charge in [-0.1, -0.05) is 364 Å². The van der Waals surface area contributed by atoms with Crippen LogP contribution >= 0.6 is 0 Å². The van der Waals surface area contributed by atoms with Gasteiger partial charge in [-0.3, -0.25) is 0 Å². The zero-order valence-corrected chi connectivity index (χ0v) is 61.1. The number of anilines is 6. The first-order chi connectivity index (χ1) is 55.6. The fraction of sp³-hybridized carbons (Fsp3) is 0. The van der Waals surface area contributed by atoms with E-state index >= 15 is 0 Å². The monoisotopic (exact) mass is 1420 g/mol. The van der Waals surface area contributed by atoms with Gasteiger partial charge in [-0.25, -0.2) is 0 Å². The molecular weight excluding hydrogens is 1360 g/mol. The maximum Gasteiger partial charge on any atom is 0.252 e. The van der Waals surface area contributed by atoms with Crippen molar-refractivity contribution in [1.29, 1.82) is 0 Å². The molecule has 0 saturated carbocycles. The molecule has 112 heavy (non-hydrogen) atoms. The Bertz CT molecular complexity index is 6410. The largest absolute Gasteiger partial charge is 0.456 e. The van der Waals surface area contributed by atoms with Gasteiger partial charge in [0.2, 0.25) is 0 Å². The highest BCUT2D eigenvalue weighted by atomic mass is 16.3. The molecule has 0 bridgehead atoms. The Hall–Kier alpha value is -14.7. The van der Waals surface area contributed by atoms with Gasteiger partial charge < -0.3 is 23.4 Å². The number of aromatic nitrogens is 2. The fourth-order valence-corrected chi connectivity index (χ4v) is 18.3. The van der Waals surface area contributed by atoms with Crippen molar-refractivity contribution in [1.82, 2.24) is 9.13 Å². The summed E-state index contributed by atoms with van der Waals surface area (Å²) in [4.78, 5) is 5.37. The standard InChI is InChI=1S/C106H69BN4O/c1-9-33-70(34-10-1)82-54-31-55-83(71-35-11-2-12-36-71)105(82)110-94-68-80(108-101(74-41-17-5-18-42-74)87-50-25-26-51-88(87)102(108)75-43-19-6-20-44-75)60-62-92(94)107-93-63-61-81(109-103(76-45-21-7-22-46-76)89-52-27-28-53-90(89)104(109)77-47-23-8-24-48-77)69-95(93)111(106-84(72-37-13-3-14-38-72)56-32-57-85(106)73-39-15-4-16-40-73)97-67-79(66-96(110)100(97)107)78-59-64-99-91(65-78)86-49-29-30-58-98(86)112-99/h1-69H. The molecule has 5 nitrogen and oxygen atoms in total. The summed E-state index contributed by atoms with van der Waals surface area (Å²) < 4.78 is 11.8. The second-order valence-electron chi connectivity index (χ2n) is 29.3. The molecule has 3 aromatic heterocycles. The van der Waals surface area contributed by atoms with Gasteiger partial charge in [0.25, 0.3) is 6.71 Å². The lowest BCUT2D eigenvalue weighted by atomic mass is 9.33. The van der Waals surface area contributed by atoms with Crippen LogP contribution in [0.15, 0.2) is 423 Å². The van der Waals surface area contributed by atoms with E-state index in [0.717, 1.165) is 168 Å². The Morgan fingerprint density at radius 2 is 0.500 bits per heavy atom. The summed E-state index contributed by atoms with van der Waals surface area (Å²) in [5.74, 6) is 0. The zero-order valence-electron chi connectivity index (χ0n) is 61.1. The Morgan fingerprint density at radius 3 is 0.848 bits per heavy atom. The van der Waals surface area contributed by atoms with Gasteiger partial charge in [0.1, 0.15) is 11.2 Å². The van der Waals surface area contributed by atoms with Crippen LogP contribution in [-0.2, 0) is 0 Å². The van der Waals surface area contributed by atoms with Crippen LogP contribution in [0, 0.1) is 0 Å². The Labute approximate surface area is 650 Å². The van der Waals surface area contributed by atoms with Crippen LogP contribution in [0.2, 0.25) is 0 Å². The molecule has 6 heteroatoms. The molecule has 522 valence electrons. The van der Waals surface area contributed by atoms with Crippen LogP contribution < -0.4 is 26.2 Å². The van der Waals surface area contributed by atoms with Crippen molar-refractivity contribution >= 4 is 101 Å². The third-order valence-electron chi connectivity index (χ3n) is 23.1. The molecule has 0 N–H and O–H groups in total. The van der Waals surface area contributed by atoms with Gasteiger partial charge in [0.05, 0.1) is 34.2 Å². The van der Waals surface area contributed by atoms with Crippen LogP contribution in [0.4, 0.5) is 34.1 Å². The first-order valence-electron chi connectivity index (χ1n) is 38.6. The predicted molar refractivity (Wildman–Crippen MR) is 470 cm³/mol. The van der Waals surface area contributed by atoms with Crippen molar-refractivity contribution in [2.24, 2.45) is 0 Å². The summed E-state index contributed by atoms with van der Waals surface area (Å²) in [6.45, 7) is -0.343. The zero-order chi connectivity index (χ0) is 73.7. The van der Waals surface area contributed by atoms with E-state index in [1.807, 2.05) is 0 Å². The lowest BCUT2D eigenvalue weighted by molar-refractivity contribution is 0.669. The maximum absolute atomic E-state index is 6.71. The lowest BCUT2D eigenvalue weighted by Crippen LogP contribution is -2.61. The second kappa shape index (κ2) is 26.6. The van der Waals surface area contributed by atoms with Crippen molar-refractivity contribution in [3.8, 4) is 112 Å². The van der Waals surface area contributed by atoms with E-state index in [4.69, 9.17) is 4.42 Å². The number of para-hydroxylation sites is 3. The highest BCUT2D eigenvalue weighted by molar-refractivity contribution is 7.00. The van der Waals surface area contributed by atoms with Crippen LogP contribution in [0.25, 0.3) is 156 Å². The third kappa shape index (κ3) is 10.4. The molecule has 5 heterocycles. The van der Waals surface area contributed by atoms with Crippen molar-refractivity contribution in [3.63, 3.8) is 0 Å². The van der Waals surface area contributed by atoms with Crippen molar-refractivity contribution in [2.45, 2.75) is 0 Å². The van der Waals surface area contributed by atoms with Gasteiger partial charge >= 0.3 is 0 Å². The summed E-state index contributed by atoms with van der Waals surface area (Å²) in [5.41, 5.74) is 33.7. The Kier molecular flexibility index (Phi) is 15.3. The van der Waals surface area contributed by atoms with Crippen LogP contribution in [-0.4, -0.2) is 15.8 Å². The molecule has 0 amide bonds. The van der Waals surface area contributed by atoms with E-state index in [0.29, 0.717) is 0 Å². The van der Waals surface area contributed by atoms with E-state index < -0.39 is 0 Å². The average Bonchev–Trinajstić information content (AvgIpc) is 1.14. The number of benzene rings is 17. The minimum absolute atomic E-state index is 0.343. The first kappa shape index (κ1) is 64.5. The summed E-state index contributed by atoms with van der Waals surface area (Å²) in [7, 11) is 0. The number of nitrogens with zero attached hydrogens (tertiary/aromatic N) is 4. The Balaban J connectivity index is 0.931. The highest BCUT2D eigenvalue weighted by Crippen LogP contribution is 2.56. The van der Waals surface area contributed by atoms with Gasteiger partial charge in [0.15, 0.2) is 0 Å². The molecule has 22 rings (SSSR count). The molecule has 0 aliphatic carbocycles. The second-order valence-corrected chi connectivity index (χ2v) is 29.3. The van der Waals surface area contributed by atoms with Gasteiger partial charge in [-0.05, 0) is 127 Å². The lowest BCUT2D eigenvalue weighted by Gasteiger charge is -2.46. The average molecular weight is 1430 g/mol. The normalized spacial score (nSPS) is 12.2. The van der Waals surface area contributed by atoms with Crippen molar-refractivity contribution in [3.05, 3.63) is 419 Å². The van der Waals surface area contributed by atoms with E-state index in [9.17, 15) is 0 Å². The van der Waals surface area contributed by atoms with E-state index in [-0.39, 0.29) is 6.71 Å². The molecule has 0 saturated heterocycles. The number of fused-ring (bicyclic) bond motifs is 9. The maximum atomic E-state index is 6.71. The molecule has 0 radical (unpaired) electrons. The minimum Gasteiger partial charge on any atom is -0.456 e. The van der Waals surface area contributed by atoms with Crippen molar-refractivity contribution in [2.75, 3.05) is 9.80 Å². The van der Waals surface area contributed by atoms with Gasteiger partial charge in [0, 0.05) is 88.7 Å². The third-order valence-corrected chi connectivity index (χ3v) is 23.1.